The van der Waals surface area contributed by atoms with Gasteiger partial charge in [0.05, 0.1) is 11.2 Å². The van der Waals surface area contributed by atoms with Gasteiger partial charge in [-0.3, -0.25) is 4.79 Å². The van der Waals surface area contributed by atoms with E-state index < -0.39 is 22.8 Å². The van der Waals surface area contributed by atoms with Gasteiger partial charge < -0.3 is 14.2 Å². The molecule has 0 spiro atoms. The van der Waals surface area contributed by atoms with Crippen LogP contribution >= 0.6 is 0 Å². The first-order valence-corrected chi connectivity index (χ1v) is 6.40. The molecule has 0 atom stereocenters. The van der Waals surface area contributed by atoms with E-state index >= 15 is 0 Å². The first-order chi connectivity index (χ1) is 10.5. The van der Waals surface area contributed by atoms with Crippen molar-refractivity contribution in [2.24, 2.45) is 0 Å². The molecule has 1 N–H and O–H groups in total. The average Bonchev–Trinajstić information content (AvgIpc) is 3.01. The monoisotopic (exact) mass is 298 g/mol. The van der Waals surface area contributed by atoms with Crippen LogP contribution in [0.25, 0.3) is 22.8 Å². The first-order valence-electron chi connectivity index (χ1n) is 6.40. The van der Waals surface area contributed by atoms with Crippen molar-refractivity contribution >= 4 is 23.1 Å². The van der Waals surface area contributed by atoms with E-state index in [9.17, 15) is 14.0 Å². The zero-order valence-corrected chi connectivity index (χ0v) is 11.4. The smallest absolute Gasteiger partial charge is 0.341 e. The van der Waals surface area contributed by atoms with Gasteiger partial charge in [0.25, 0.3) is 0 Å². The van der Waals surface area contributed by atoms with Gasteiger partial charge in [0.15, 0.2) is 0 Å². The first kappa shape index (κ1) is 13.8. The molecule has 0 aliphatic rings. The van der Waals surface area contributed by atoms with Gasteiger partial charge in [0.2, 0.25) is 5.43 Å². The fourth-order valence-corrected chi connectivity index (χ4v) is 2.36. The number of carbonyl (C=O) groups is 1. The van der Waals surface area contributed by atoms with Crippen LogP contribution in [0.15, 0.2) is 54.2 Å². The van der Waals surface area contributed by atoms with Crippen molar-refractivity contribution in [1.29, 1.82) is 0 Å². The second kappa shape index (κ2) is 5.00. The number of benzene rings is 1. The van der Waals surface area contributed by atoms with Gasteiger partial charge in [-0.2, -0.15) is 0 Å². The minimum atomic E-state index is -1.36. The fraction of sp³-hybridized carbons (Fsp3) is 0. The number of pyridine rings is 1. The number of hydrogen-bond donors (Lipinski definition) is 1. The molecule has 0 aliphatic carbocycles. The Morgan fingerprint density at radius 2 is 1.95 bits per heavy atom. The highest BCUT2D eigenvalue weighted by atomic mass is 19.1. The fourth-order valence-electron chi connectivity index (χ4n) is 2.36. The number of halogens is 1. The Bertz CT molecular complexity index is 956. The number of carboxylic acid groups (broad SMARTS) is 1. The molecule has 0 bridgehead atoms. The lowest BCUT2D eigenvalue weighted by molar-refractivity contribution is 0.0695. The lowest BCUT2D eigenvalue weighted by Gasteiger charge is -2.11. The molecule has 0 saturated heterocycles. The van der Waals surface area contributed by atoms with Gasteiger partial charge in [-0.15, -0.1) is 0 Å². The molecule has 2 aromatic heterocycles. The second-order valence-electron chi connectivity index (χ2n) is 4.68. The van der Waals surface area contributed by atoms with Crippen LogP contribution in [0, 0.1) is 5.82 Å². The zero-order chi connectivity index (χ0) is 15.9. The average molecular weight is 298 g/mol. The standard InChI is InChI=1S/C16H11FN2O3/c1-2-18-9-11(16(21)22)15(20)10-7-12(17)14(8-13(10)18)19-5-3-4-6-19/h2-9H,1H2,(H,21,22). The molecule has 0 radical (unpaired) electrons. The van der Waals surface area contributed by atoms with Crippen LogP contribution in [0.2, 0.25) is 0 Å². The van der Waals surface area contributed by atoms with E-state index in [1.54, 1.807) is 29.1 Å². The van der Waals surface area contributed by atoms with Gasteiger partial charge in [-0.25, -0.2) is 9.18 Å². The summed E-state index contributed by atoms with van der Waals surface area (Å²) in [6, 6.07) is 6.04. The van der Waals surface area contributed by atoms with Crippen LogP contribution < -0.4 is 5.43 Å². The molecule has 3 rings (SSSR count). The lowest BCUT2D eigenvalue weighted by Crippen LogP contribution is -2.18. The van der Waals surface area contributed by atoms with E-state index in [0.717, 1.165) is 6.07 Å². The van der Waals surface area contributed by atoms with E-state index in [-0.39, 0.29) is 11.1 Å². The molecule has 0 saturated carbocycles. The van der Waals surface area contributed by atoms with Crippen LogP contribution in [-0.2, 0) is 0 Å². The third kappa shape index (κ3) is 2.01. The largest absolute Gasteiger partial charge is 0.477 e. The third-order valence-corrected chi connectivity index (χ3v) is 3.41. The van der Waals surface area contributed by atoms with Crippen LogP contribution in [-0.4, -0.2) is 20.2 Å². The number of hydrogen-bond acceptors (Lipinski definition) is 2. The summed E-state index contributed by atoms with van der Waals surface area (Å²) in [5.74, 6) is -1.98. The van der Waals surface area contributed by atoms with Crippen molar-refractivity contribution in [2.45, 2.75) is 0 Å². The molecular formula is C16H11FN2O3. The Balaban J connectivity index is 2.43. The number of aromatic nitrogens is 2. The van der Waals surface area contributed by atoms with Crippen molar-refractivity contribution in [3.63, 3.8) is 0 Å². The molecule has 0 aliphatic heterocycles. The summed E-state index contributed by atoms with van der Waals surface area (Å²) < 4.78 is 17.3. The Morgan fingerprint density at radius 1 is 1.27 bits per heavy atom. The van der Waals surface area contributed by atoms with Gasteiger partial charge in [-0.05, 0) is 24.3 Å². The normalized spacial score (nSPS) is 10.8. The van der Waals surface area contributed by atoms with E-state index in [1.807, 2.05) is 0 Å². The number of aromatic carboxylic acids is 1. The van der Waals surface area contributed by atoms with Crippen LogP contribution in [0.1, 0.15) is 10.4 Å². The maximum Gasteiger partial charge on any atom is 0.341 e. The number of carboxylic acids is 1. The molecule has 6 heteroatoms. The molecule has 110 valence electrons. The summed E-state index contributed by atoms with van der Waals surface area (Å²) in [6.07, 6.45) is 5.89. The molecule has 3 aromatic rings. The molecule has 0 fully saturated rings. The van der Waals surface area contributed by atoms with Gasteiger partial charge >= 0.3 is 5.97 Å². The van der Waals surface area contributed by atoms with Gasteiger partial charge in [0.1, 0.15) is 11.4 Å². The van der Waals surface area contributed by atoms with Gasteiger partial charge in [0, 0.05) is 30.2 Å². The Morgan fingerprint density at radius 3 is 2.55 bits per heavy atom. The highest BCUT2D eigenvalue weighted by Gasteiger charge is 2.16. The maximum atomic E-state index is 14.3. The Hall–Kier alpha value is -3.15. The number of nitrogens with zero attached hydrogens (tertiary/aromatic N) is 2. The van der Waals surface area contributed by atoms with Gasteiger partial charge in [-0.1, -0.05) is 6.58 Å². The predicted molar refractivity (Wildman–Crippen MR) is 80.8 cm³/mol. The summed E-state index contributed by atoms with van der Waals surface area (Å²) >= 11 is 0. The Labute approximate surface area is 124 Å². The SMILES string of the molecule is C=Cn1cc(C(=O)O)c(=O)c2cc(F)c(-n3cccc3)cc21. The summed E-state index contributed by atoms with van der Waals surface area (Å²) in [5, 5.41) is 9.07. The third-order valence-electron chi connectivity index (χ3n) is 3.41. The van der Waals surface area contributed by atoms with Crippen molar-refractivity contribution < 1.29 is 14.3 Å². The molecule has 5 nitrogen and oxygen atoms in total. The lowest BCUT2D eigenvalue weighted by atomic mass is 10.1. The van der Waals surface area contributed by atoms with Crippen LogP contribution in [0.4, 0.5) is 4.39 Å². The highest BCUT2D eigenvalue weighted by molar-refractivity contribution is 5.93. The van der Waals surface area contributed by atoms with Crippen molar-refractivity contribution in [1.82, 2.24) is 9.13 Å². The Kier molecular flexibility index (Phi) is 3.14. The van der Waals surface area contributed by atoms with Crippen LogP contribution in [0.5, 0.6) is 0 Å². The molecule has 0 unspecified atom stereocenters. The summed E-state index contributed by atoms with van der Waals surface area (Å²) in [5.41, 5.74) is -0.509. The molecular weight excluding hydrogens is 287 g/mol. The van der Waals surface area contributed by atoms with Crippen molar-refractivity contribution in [2.75, 3.05) is 0 Å². The quantitative estimate of drug-likeness (QED) is 0.808. The predicted octanol–water partition coefficient (Wildman–Crippen LogP) is 2.73. The van der Waals surface area contributed by atoms with Crippen molar-refractivity contribution in [3.8, 4) is 5.69 Å². The van der Waals surface area contributed by atoms with E-state index in [0.29, 0.717) is 5.52 Å². The van der Waals surface area contributed by atoms with Crippen molar-refractivity contribution in [3.05, 3.63) is 71.0 Å². The van der Waals surface area contributed by atoms with E-state index in [4.69, 9.17) is 5.11 Å². The summed E-state index contributed by atoms with van der Waals surface area (Å²) in [7, 11) is 0. The van der Waals surface area contributed by atoms with E-state index in [1.165, 1.54) is 23.0 Å². The number of fused-ring (bicyclic) bond motifs is 1. The second-order valence-corrected chi connectivity index (χ2v) is 4.68. The maximum absolute atomic E-state index is 14.3. The molecule has 22 heavy (non-hydrogen) atoms. The minimum absolute atomic E-state index is 0.00629. The zero-order valence-electron chi connectivity index (χ0n) is 11.4. The molecule has 0 amide bonds. The summed E-state index contributed by atoms with van der Waals surface area (Å²) in [6.45, 7) is 3.59. The highest BCUT2D eigenvalue weighted by Crippen LogP contribution is 2.21. The molecule has 2 heterocycles. The molecule has 1 aromatic carbocycles. The van der Waals surface area contributed by atoms with Crippen LogP contribution in [0.3, 0.4) is 0 Å². The topological polar surface area (TPSA) is 64.2 Å². The summed E-state index contributed by atoms with van der Waals surface area (Å²) in [4.78, 5) is 23.3. The number of rotatable bonds is 3. The minimum Gasteiger partial charge on any atom is -0.477 e. The van der Waals surface area contributed by atoms with E-state index in [2.05, 4.69) is 6.58 Å².